The molecule has 0 radical (unpaired) electrons. The zero-order valence-electron chi connectivity index (χ0n) is 14.8. The number of piperazine rings is 1. The van der Waals surface area contributed by atoms with E-state index in [0.29, 0.717) is 18.1 Å². The molecule has 0 bridgehead atoms. The molecule has 142 valence electrons. The van der Waals surface area contributed by atoms with E-state index in [-0.39, 0.29) is 24.7 Å². The molecule has 0 aliphatic carbocycles. The average molecular weight is 391 g/mol. The molecule has 4 rings (SSSR count). The van der Waals surface area contributed by atoms with Crippen LogP contribution in [-0.2, 0) is 17.8 Å². The Morgan fingerprint density at radius 3 is 2.63 bits per heavy atom. The summed E-state index contributed by atoms with van der Waals surface area (Å²) in [5.74, 6) is 1.03. The number of hydrogen-bond donors (Lipinski definition) is 0. The highest BCUT2D eigenvalue weighted by Crippen LogP contribution is 2.32. The number of ether oxygens (including phenoxy) is 2. The number of nitrogens with zero attached hydrogens (tertiary/aromatic N) is 2. The summed E-state index contributed by atoms with van der Waals surface area (Å²) in [7, 11) is 0. The van der Waals surface area contributed by atoms with Gasteiger partial charge in [-0.3, -0.25) is 9.69 Å². The Morgan fingerprint density at radius 1 is 1.07 bits per heavy atom. The van der Waals surface area contributed by atoms with Gasteiger partial charge < -0.3 is 14.4 Å². The van der Waals surface area contributed by atoms with Gasteiger partial charge in [-0.1, -0.05) is 23.7 Å². The molecule has 2 aromatic carbocycles. The Morgan fingerprint density at radius 2 is 1.85 bits per heavy atom. The molecule has 0 saturated carbocycles. The summed E-state index contributed by atoms with van der Waals surface area (Å²) in [4.78, 5) is 16.6. The highest BCUT2D eigenvalue weighted by molar-refractivity contribution is 6.31. The minimum atomic E-state index is -0.433. The van der Waals surface area contributed by atoms with Crippen LogP contribution in [-0.4, -0.2) is 48.7 Å². The number of benzene rings is 2. The number of amides is 1. The van der Waals surface area contributed by atoms with Gasteiger partial charge >= 0.3 is 0 Å². The minimum Gasteiger partial charge on any atom is -0.454 e. The van der Waals surface area contributed by atoms with E-state index in [2.05, 4.69) is 4.90 Å². The first-order valence-corrected chi connectivity index (χ1v) is 9.29. The van der Waals surface area contributed by atoms with Crippen molar-refractivity contribution >= 4 is 17.5 Å². The maximum atomic E-state index is 13.9. The van der Waals surface area contributed by atoms with Crippen molar-refractivity contribution in [3.63, 3.8) is 0 Å². The lowest BCUT2D eigenvalue weighted by molar-refractivity contribution is -0.132. The summed E-state index contributed by atoms with van der Waals surface area (Å²) in [5, 5.41) is 0.296. The normalized spacial score (nSPS) is 16.6. The van der Waals surface area contributed by atoms with Gasteiger partial charge in [-0.25, -0.2) is 4.39 Å². The van der Waals surface area contributed by atoms with Crippen molar-refractivity contribution in [2.24, 2.45) is 0 Å². The highest BCUT2D eigenvalue weighted by atomic mass is 35.5. The second-order valence-electron chi connectivity index (χ2n) is 6.72. The molecule has 27 heavy (non-hydrogen) atoms. The smallest absolute Gasteiger partial charge is 0.231 e. The maximum absolute atomic E-state index is 13.9. The van der Waals surface area contributed by atoms with Gasteiger partial charge in [0.05, 0.1) is 6.42 Å². The fourth-order valence-corrected chi connectivity index (χ4v) is 3.65. The van der Waals surface area contributed by atoms with Gasteiger partial charge in [0, 0.05) is 43.3 Å². The molecule has 0 aromatic heterocycles. The summed E-state index contributed by atoms with van der Waals surface area (Å²) in [5.41, 5.74) is 1.42. The van der Waals surface area contributed by atoms with Crippen LogP contribution in [0.4, 0.5) is 4.39 Å². The molecular weight excluding hydrogens is 371 g/mol. The summed E-state index contributed by atoms with van der Waals surface area (Å²) >= 11 is 6.03. The summed E-state index contributed by atoms with van der Waals surface area (Å²) in [6.07, 6.45) is -0.00628. The van der Waals surface area contributed by atoms with Crippen LogP contribution in [0.3, 0.4) is 0 Å². The van der Waals surface area contributed by atoms with E-state index in [4.69, 9.17) is 21.1 Å². The lowest BCUT2D eigenvalue weighted by Crippen LogP contribution is -2.48. The van der Waals surface area contributed by atoms with Crippen molar-refractivity contribution in [1.29, 1.82) is 0 Å². The predicted molar refractivity (Wildman–Crippen MR) is 99.5 cm³/mol. The molecule has 7 heteroatoms. The molecule has 0 atom stereocenters. The standard InChI is InChI=1S/C20H20ClFN2O3/c21-16-2-1-3-17(22)15(16)11-20(25)24-8-6-23(7-9-24)12-14-4-5-18-19(10-14)27-13-26-18/h1-5,10H,6-9,11-13H2. The lowest BCUT2D eigenvalue weighted by atomic mass is 10.1. The van der Waals surface area contributed by atoms with Gasteiger partial charge in [0.1, 0.15) is 5.82 Å². The van der Waals surface area contributed by atoms with E-state index in [9.17, 15) is 9.18 Å². The Labute approximate surface area is 162 Å². The monoisotopic (exact) mass is 390 g/mol. The van der Waals surface area contributed by atoms with Crippen molar-refractivity contribution in [3.05, 3.63) is 58.4 Å². The SMILES string of the molecule is O=C(Cc1c(F)cccc1Cl)N1CCN(Cc2ccc3c(c2)OCO3)CC1. The van der Waals surface area contributed by atoms with Gasteiger partial charge in [-0.05, 0) is 29.8 Å². The topological polar surface area (TPSA) is 42.0 Å². The molecule has 2 aliphatic rings. The predicted octanol–water partition coefficient (Wildman–Crippen LogP) is 3.09. The largest absolute Gasteiger partial charge is 0.454 e. The number of hydrogen-bond acceptors (Lipinski definition) is 4. The van der Waals surface area contributed by atoms with Crippen molar-refractivity contribution < 1.29 is 18.7 Å². The van der Waals surface area contributed by atoms with Crippen LogP contribution in [0.5, 0.6) is 11.5 Å². The van der Waals surface area contributed by atoms with Gasteiger partial charge in [0.2, 0.25) is 12.7 Å². The van der Waals surface area contributed by atoms with Crippen LogP contribution in [0, 0.1) is 5.82 Å². The third kappa shape index (κ3) is 4.01. The van der Waals surface area contributed by atoms with E-state index in [1.807, 2.05) is 18.2 Å². The fraction of sp³-hybridized carbons (Fsp3) is 0.350. The first kappa shape index (κ1) is 18.1. The molecule has 2 heterocycles. The van der Waals surface area contributed by atoms with Crippen molar-refractivity contribution in [2.45, 2.75) is 13.0 Å². The van der Waals surface area contributed by atoms with E-state index < -0.39 is 5.82 Å². The van der Waals surface area contributed by atoms with E-state index in [1.54, 1.807) is 17.0 Å². The summed E-state index contributed by atoms with van der Waals surface area (Å²) in [6.45, 7) is 3.84. The van der Waals surface area contributed by atoms with Gasteiger partial charge in [0.25, 0.3) is 0 Å². The average Bonchev–Trinajstić information content (AvgIpc) is 3.13. The van der Waals surface area contributed by atoms with Crippen molar-refractivity contribution in [2.75, 3.05) is 33.0 Å². The van der Waals surface area contributed by atoms with Crippen LogP contribution in [0.2, 0.25) is 5.02 Å². The summed E-state index contributed by atoms with van der Waals surface area (Å²) in [6, 6.07) is 10.4. The Balaban J connectivity index is 1.31. The zero-order chi connectivity index (χ0) is 18.8. The fourth-order valence-electron chi connectivity index (χ4n) is 3.42. The minimum absolute atomic E-state index is 0.00628. The van der Waals surface area contributed by atoms with E-state index >= 15 is 0 Å². The maximum Gasteiger partial charge on any atom is 0.231 e. The molecule has 1 fully saturated rings. The Bertz CT molecular complexity index is 833. The molecule has 2 aliphatic heterocycles. The van der Waals surface area contributed by atoms with E-state index in [1.165, 1.54) is 6.07 Å². The van der Waals surface area contributed by atoms with Crippen molar-refractivity contribution in [3.8, 4) is 11.5 Å². The third-order valence-corrected chi connectivity index (χ3v) is 5.31. The number of carbonyl (C=O) groups excluding carboxylic acids is 1. The molecule has 1 amide bonds. The van der Waals surface area contributed by atoms with Gasteiger partial charge in [-0.15, -0.1) is 0 Å². The first-order valence-electron chi connectivity index (χ1n) is 8.92. The highest BCUT2D eigenvalue weighted by Gasteiger charge is 2.23. The molecule has 0 unspecified atom stereocenters. The Kier molecular flexibility index (Phi) is 5.18. The van der Waals surface area contributed by atoms with Crippen molar-refractivity contribution in [1.82, 2.24) is 9.80 Å². The second-order valence-corrected chi connectivity index (χ2v) is 7.13. The molecule has 0 spiro atoms. The molecular formula is C20H20ClFN2O3. The molecule has 5 nitrogen and oxygen atoms in total. The second kappa shape index (κ2) is 7.74. The number of fused-ring (bicyclic) bond motifs is 1. The number of halogens is 2. The quantitative estimate of drug-likeness (QED) is 0.804. The number of carbonyl (C=O) groups is 1. The molecule has 2 aromatic rings. The van der Waals surface area contributed by atoms with Crippen LogP contribution >= 0.6 is 11.6 Å². The number of rotatable bonds is 4. The molecule has 0 N–H and O–H groups in total. The third-order valence-electron chi connectivity index (χ3n) is 4.96. The first-order chi connectivity index (χ1) is 13.1. The summed E-state index contributed by atoms with van der Waals surface area (Å²) < 4.78 is 24.6. The van der Waals surface area contributed by atoms with Gasteiger partial charge in [0.15, 0.2) is 11.5 Å². The zero-order valence-corrected chi connectivity index (χ0v) is 15.5. The van der Waals surface area contributed by atoms with Crippen LogP contribution in [0.1, 0.15) is 11.1 Å². The van der Waals surface area contributed by atoms with Crippen LogP contribution in [0.25, 0.3) is 0 Å². The van der Waals surface area contributed by atoms with Crippen LogP contribution < -0.4 is 9.47 Å². The lowest BCUT2D eigenvalue weighted by Gasteiger charge is -2.35. The van der Waals surface area contributed by atoms with Crippen LogP contribution in [0.15, 0.2) is 36.4 Å². The van der Waals surface area contributed by atoms with E-state index in [0.717, 1.165) is 36.7 Å². The van der Waals surface area contributed by atoms with Gasteiger partial charge in [-0.2, -0.15) is 0 Å². The Hall–Kier alpha value is -2.31. The molecule has 1 saturated heterocycles.